The zero-order valence-electron chi connectivity index (χ0n) is 25.2. The Balaban J connectivity index is 1.33. The minimum atomic E-state index is -4.63. The van der Waals surface area contributed by atoms with E-state index in [4.69, 9.17) is 4.74 Å². The molecule has 0 radical (unpaired) electrons. The highest BCUT2D eigenvalue weighted by molar-refractivity contribution is 7.90. The van der Waals surface area contributed by atoms with Crippen molar-refractivity contribution >= 4 is 38.6 Å². The van der Waals surface area contributed by atoms with E-state index in [0.717, 1.165) is 54.5 Å². The van der Waals surface area contributed by atoms with E-state index in [1.54, 1.807) is 12.3 Å². The first-order valence-electron chi connectivity index (χ1n) is 14.4. The van der Waals surface area contributed by atoms with Crippen molar-refractivity contribution in [2.45, 2.75) is 30.2 Å². The number of halogens is 4. The summed E-state index contributed by atoms with van der Waals surface area (Å²) in [7, 11) is -4.63. The quantitative estimate of drug-likeness (QED) is 0.167. The van der Waals surface area contributed by atoms with Gasteiger partial charge in [0.2, 0.25) is 5.95 Å². The molecular weight excluding hydrogens is 657 g/mol. The van der Waals surface area contributed by atoms with Crippen LogP contribution in [0.2, 0.25) is 0 Å². The van der Waals surface area contributed by atoms with Gasteiger partial charge in [0.1, 0.15) is 33.2 Å². The Morgan fingerprint density at radius 3 is 2.38 bits per heavy atom. The standard InChI is InChI=1S/C32H28F4N6O3S2/c1-32(2,36)30-41-27(19-6-8-22(33)20(16-19)18-47(43,44)29-23(34)4-3-5-24(29)35)28(46-30)25-10-11-37-31(40-25)39-21-7-9-26(38-17-21)42-12-14-45-15-13-42/h3-11,16-17H,12-15,18H2,1-2H3,(H,37,39,40). The van der Waals surface area contributed by atoms with Gasteiger partial charge in [-0.25, -0.2) is 45.9 Å². The molecule has 2 aromatic carbocycles. The number of thiazole rings is 1. The van der Waals surface area contributed by atoms with Crippen LogP contribution in [0.15, 0.2) is 71.9 Å². The first kappa shape index (κ1) is 32.5. The predicted octanol–water partition coefficient (Wildman–Crippen LogP) is 6.84. The molecule has 47 heavy (non-hydrogen) atoms. The summed E-state index contributed by atoms with van der Waals surface area (Å²) < 4.78 is 90.2. The molecule has 0 atom stereocenters. The van der Waals surface area contributed by atoms with Gasteiger partial charge < -0.3 is 15.0 Å². The van der Waals surface area contributed by atoms with Gasteiger partial charge in [-0.15, -0.1) is 11.3 Å². The summed E-state index contributed by atoms with van der Waals surface area (Å²) in [5.74, 6) is -3.45. The van der Waals surface area contributed by atoms with Crippen LogP contribution in [0.3, 0.4) is 0 Å². The van der Waals surface area contributed by atoms with Gasteiger partial charge in [-0.05, 0) is 62.4 Å². The molecule has 4 heterocycles. The summed E-state index contributed by atoms with van der Waals surface area (Å²) in [6, 6.07) is 11.6. The first-order chi connectivity index (χ1) is 22.4. The van der Waals surface area contributed by atoms with Crippen LogP contribution in [-0.2, 0) is 26.0 Å². The molecule has 0 saturated carbocycles. The van der Waals surface area contributed by atoms with Crippen LogP contribution in [0, 0.1) is 17.5 Å². The molecule has 1 saturated heterocycles. The van der Waals surface area contributed by atoms with Gasteiger partial charge >= 0.3 is 0 Å². The van der Waals surface area contributed by atoms with E-state index in [1.807, 2.05) is 12.1 Å². The number of sulfone groups is 1. The normalized spacial score (nSPS) is 14.0. The maximum atomic E-state index is 15.2. The molecule has 0 aliphatic carbocycles. The van der Waals surface area contributed by atoms with E-state index < -0.39 is 43.6 Å². The SMILES string of the molecule is CC(C)(F)c1nc(-c2ccc(F)c(CS(=O)(=O)c3c(F)cccc3F)c2)c(-c2ccnc(Nc3ccc(N4CCOCC4)nc3)n2)s1. The Kier molecular flexibility index (Phi) is 8.96. The Bertz CT molecular complexity index is 2010. The molecule has 0 bridgehead atoms. The Hall–Kier alpha value is -4.47. The topological polar surface area (TPSA) is 110 Å². The molecule has 0 unspecified atom stereocenters. The van der Waals surface area contributed by atoms with E-state index in [9.17, 15) is 21.6 Å². The van der Waals surface area contributed by atoms with Crippen LogP contribution in [0.25, 0.3) is 21.8 Å². The summed E-state index contributed by atoms with van der Waals surface area (Å²) in [6.07, 6.45) is 3.17. The molecule has 9 nitrogen and oxygen atoms in total. The van der Waals surface area contributed by atoms with Gasteiger partial charge in [-0.2, -0.15) is 0 Å². The molecule has 3 aromatic heterocycles. The first-order valence-corrected chi connectivity index (χ1v) is 16.9. The number of nitrogens with zero attached hydrogens (tertiary/aromatic N) is 5. The van der Waals surface area contributed by atoms with Crippen molar-refractivity contribution in [3.05, 3.63) is 95.0 Å². The van der Waals surface area contributed by atoms with Gasteiger partial charge in [0, 0.05) is 30.4 Å². The Labute approximate surface area is 272 Å². The largest absolute Gasteiger partial charge is 0.378 e. The second-order valence-corrected chi connectivity index (χ2v) is 14.1. The molecule has 1 aliphatic rings. The molecular formula is C32H28F4N6O3S2. The lowest BCUT2D eigenvalue weighted by molar-refractivity contribution is 0.122. The summed E-state index contributed by atoms with van der Waals surface area (Å²) >= 11 is 1.03. The van der Waals surface area contributed by atoms with Gasteiger partial charge in [-0.1, -0.05) is 6.07 Å². The highest BCUT2D eigenvalue weighted by Gasteiger charge is 2.29. The number of alkyl halides is 1. The van der Waals surface area contributed by atoms with Crippen molar-refractivity contribution in [1.82, 2.24) is 19.9 Å². The maximum Gasteiger partial charge on any atom is 0.227 e. The van der Waals surface area contributed by atoms with E-state index in [1.165, 1.54) is 32.2 Å². The number of hydrogen-bond acceptors (Lipinski definition) is 10. The zero-order valence-corrected chi connectivity index (χ0v) is 26.8. The zero-order chi connectivity index (χ0) is 33.3. The molecule has 15 heteroatoms. The monoisotopic (exact) mass is 684 g/mol. The highest BCUT2D eigenvalue weighted by atomic mass is 32.2. The van der Waals surface area contributed by atoms with E-state index in [0.29, 0.717) is 29.5 Å². The van der Waals surface area contributed by atoms with Crippen molar-refractivity contribution in [3.8, 4) is 21.8 Å². The van der Waals surface area contributed by atoms with Crippen LogP contribution in [0.1, 0.15) is 24.4 Å². The molecule has 244 valence electrons. The third-order valence-electron chi connectivity index (χ3n) is 7.26. The second-order valence-electron chi connectivity index (χ2n) is 11.2. The average Bonchev–Trinajstić information content (AvgIpc) is 3.50. The number of anilines is 3. The number of nitrogens with one attached hydrogen (secondary N) is 1. The number of pyridine rings is 1. The fourth-order valence-corrected chi connectivity index (χ4v) is 7.50. The molecule has 6 rings (SSSR count). The molecule has 5 aromatic rings. The van der Waals surface area contributed by atoms with Crippen LogP contribution in [0.5, 0.6) is 0 Å². The average molecular weight is 685 g/mol. The Morgan fingerprint density at radius 2 is 1.70 bits per heavy atom. The van der Waals surface area contributed by atoms with E-state index in [2.05, 4.69) is 30.2 Å². The van der Waals surface area contributed by atoms with Crippen LogP contribution < -0.4 is 10.2 Å². The lowest BCUT2D eigenvalue weighted by Crippen LogP contribution is -2.36. The van der Waals surface area contributed by atoms with Crippen molar-refractivity contribution < 1.29 is 30.7 Å². The number of ether oxygens (including phenoxy) is 1. The van der Waals surface area contributed by atoms with Crippen LogP contribution in [-0.4, -0.2) is 54.7 Å². The van der Waals surface area contributed by atoms with Crippen LogP contribution in [0.4, 0.5) is 35.0 Å². The summed E-state index contributed by atoms with van der Waals surface area (Å²) in [4.78, 5) is 19.3. The third kappa shape index (κ3) is 7.11. The number of aromatic nitrogens is 4. The molecule has 1 fully saturated rings. The summed E-state index contributed by atoms with van der Waals surface area (Å²) in [5.41, 5.74) is -0.728. The fourth-order valence-electron chi connectivity index (χ4n) is 4.95. The maximum absolute atomic E-state index is 15.2. The number of benzene rings is 2. The lowest BCUT2D eigenvalue weighted by Gasteiger charge is -2.27. The third-order valence-corrected chi connectivity index (χ3v) is 10.3. The highest BCUT2D eigenvalue weighted by Crippen LogP contribution is 2.41. The molecule has 1 N–H and O–H groups in total. The van der Waals surface area contributed by atoms with Gasteiger partial charge in [0.15, 0.2) is 15.5 Å². The smallest absolute Gasteiger partial charge is 0.227 e. The molecule has 0 spiro atoms. The Morgan fingerprint density at radius 1 is 0.957 bits per heavy atom. The van der Waals surface area contributed by atoms with Crippen LogP contribution >= 0.6 is 11.3 Å². The van der Waals surface area contributed by atoms with Gasteiger partial charge in [0.25, 0.3) is 0 Å². The summed E-state index contributed by atoms with van der Waals surface area (Å²) in [5, 5.41) is 3.21. The number of rotatable bonds is 9. The number of morpholine rings is 1. The minimum Gasteiger partial charge on any atom is -0.378 e. The predicted molar refractivity (Wildman–Crippen MR) is 170 cm³/mol. The second kappa shape index (κ2) is 13.0. The molecule has 0 amide bonds. The number of hydrogen-bond donors (Lipinski definition) is 1. The van der Waals surface area contributed by atoms with E-state index in [-0.39, 0.29) is 27.8 Å². The van der Waals surface area contributed by atoms with Crippen molar-refractivity contribution in [2.24, 2.45) is 0 Å². The molecule has 1 aliphatic heterocycles. The van der Waals surface area contributed by atoms with Gasteiger partial charge in [-0.3, -0.25) is 0 Å². The van der Waals surface area contributed by atoms with Crippen molar-refractivity contribution in [3.63, 3.8) is 0 Å². The fraction of sp³-hybridized carbons (Fsp3) is 0.250. The lowest BCUT2D eigenvalue weighted by atomic mass is 10.1. The van der Waals surface area contributed by atoms with Crippen molar-refractivity contribution in [2.75, 3.05) is 36.5 Å². The van der Waals surface area contributed by atoms with E-state index >= 15 is 4.39 Å². The van der Waals surface area contributed by atoms with Gasteiger partial charge in [0.05, 0.1) is 47.1 Å². The minimum absolute atomic E-state index is 0.102. The van der Waals surface area contributed by atoms with Crippen molar-refractivity contribution in [1.29, 1.82) is 0 Å². The summed E-state index contributed by atoms with van der Waals surface area (Å²) in [6.45, 7) is 5.44.